The molecule has 1 aliphatic carbocycles. The van der Waals surface area contributed by atoms with Crippen LogP contribution >= 0.6 is 0 Å². The first-order valence-electron chi connectivity index (χ1n) is 7.86. The second kappa shape index (κ2) is 6.09. The minimum atomic E-state index is 0.194. The van der Waals surface area contributed by atoms with Crippen molar-refractivity contribution in [3.63, 3.8) is 0 Å². The lowest BCUT2D eigenvalue weighted by atomic mass is 9.69. The molecule has 0 saturated heterocycles. The normalized spacial score (nSPS) is 20.5. The summed E-state index contributed by atoms with van der Waals surface area (Å²) in [5, 5.41) is 0. The Bertz CT molecular complexity index is 402. The molecule has 1 saturated carbocycles. The highest BCUT2D eigenvalue weighted by Gasteiger charge is 2.33. The summed E-state index contributed by atoms with van der Waals surface area (Å²) in [6.07, 6.45) is 7.78. The van der Waals surface area contributed by atoms with Gasteiger partial charge in [0.05, 0.1) is 0 Å². The molecular weight excluding hydrogens is 230 g/mol. The number of hydrogen-bond donors (Lipinski definition) is 1. The predicted molar refractivity (Wildman–Crippen MR) is 83.1 cm³/mol. The van der Waals surface area contributed by atoms with Crippen LogP contribution in [-0.2, 0) is 6.42 Å². The van der Waals surface area contributed by atoms with Crippen LogP contribution in [0.2, 0.25) is 0 Å². The molecule has 0 spiro atoms. The van der Waals surface area contributed by atoms with E-state index in [1.165, 1.54) is 43.2 Å². The third-order valence-corrected chi connectivity index (χ3v) is 4.70. The van der Waals surface area contributed by atoms with Crippen LogP contribution in [0.5, 0.6) is 0 Å². The van der Waals surface area contributed by atoms with Gasteiger partial charge in [-0.05, 0) is 41.7 Å². The molecule has 0 radical (unpaired) electrons. The summed E-state index contributed by atoms with van der Waals surface area (Å²) in [5.74, 6) is 0.705. The first kappa shape index (κ1) is 14.6. The van der Waals surface area contributed by atoms with E-state index in [9.17, 15) is 0 Å². The van der Waals surface area contributed by atoms with E-state index in [0.717, 1.165) is 6.42 Å². The van der Waals surface area contributed by atoms with Gasteiger partial charge in [0.15, 0.2) is 0 Å². The van der Waals surface area contributed by atoms with E-state index in [1.807, 2.05) is 0 Å². The Morgan fingerprint density at radius 1 is 1.16 bits per heavy atom. The number of nitrogens with two attached hydrogens (primary N) is 1. The van der Waals surface area contributed by atoms with Crippen LogP contribution in [0.15, 0.2) is 24.3 Å². The molecule has 1 atom stereocenters. The van der Waals surface area contributed by atoms with Gasteiger partial charge in [0.2, 0.25) is 0 Å². The minimum Gasteiger partial charge on any atom is -0.323 e. The van der Waals surface area contributed by atoms with Crippen molar-refractivity contribution >= 4 is 0 Å². The van der Waals surface area contributed by atoms with Crippen molar-refractivity contribution in [2.45, 2.75) is 65.3 Å². The van der Waals surface area contributed by atoms with Crippen LogP contribution in [0.3, 0.4) is 0 Å². The van der Waals surface area contributed by atoms with Gasteiger partial charge >= 0.3 is 0 Å². The molecule has 1 heteroatoms. The van der Waals surface area contributed by atoms with Crippen molar-refractivity contribution in [2.75, 3.05) is 0 Å². The van der Waals surface area contributed by atoms with Gasteiger partial charge in [-0.3, -0.25) is 0 Å². The summed E-state index contributed by atoms with van der Waals surface area (Å²) >= 11 is 0. The second-order valence-electron chi connectivity index (χ2n) is 7.04. The van der Waals surface area contributed by atoms with E-state index in [0.29, 0.717) is 11.3 Å². The summed E-state index contributed by atoms with van der Waals surface area (Å²) in [5.41, 5.74) is 9.67. The number of benzene rings is 1. The van der Waals surface area contributed by atoms with E-state index in [-0.39, 0.29) is 6.04 Å². The Hall–Kier alpha value is -0.820. The molecule has 0 aliphatic heterocycles. The third kappa shape index (κ3) is 3.60. The molecule has 19 heavy (non-hydrogen) atoms. The molecule has 2 rings (SSSR count). The standard InChI is InChI=1S/C18H29N/c1-14(2)12-15-8-7-9-16(13-15)17(19)18(3)10-5-4-6-11-18/h7-9,13-14,17H,4-6,10-12,19H2,1-3H3. The highest BCUT2D eigenvalue weighted by molar-refractivity contribution is 5.27. The number of rotatable bonds is 4. The zero-order valence-corrected chi connectivity index (χ0v) is 12.8. The van der Waals surface area contributed by atoms with Crippen LogP contribution in [0.1, 0.15) is 70.0 Å². The smallest absolute Gasteiger partial charge is 0.0349 e. The molecule has 1 aromatic rings. The summed E-state index contributed by atoms with van der Waals surface area (Å²) in [4.78, 5) is 0. The van der Waals surface area contributed by atoms with Crippen molar-refractivity contribution in [3.8, 4) is 0 Å². The van der Waals surface area contributed by atoms with Crippen molar-refractivity contribution in [1.29, 1.82) is 0 Å². The fourth-order valence-corrected chi connectivity index (χ4v) is 3.46. The topological polar surface area (TPSA) is 26.0 Å². The fourth-order valence-electron chi connectivity index (χ4n) is 3.46. The van der Waals surface area contributed by atoms with E-state index in [1.54, 1.807) is 0 Å². The lowest BCUT2D eigenvalue weighted by Crippen LogP contribution is -2.33. The van der Waals surface area contributed by atoms with E-state index in [4.69, 9.17) is 5.73 Å². The first-order valence-corrected chi connectivity index (χ1v) is 7.86. The van der Waals surface area contributed by atoms with E-state index < -0.39 is 0 Å². The van der Waals surface area contributed by atoms with Gasteiger partial charge in [-0.1, -0.05) is 64.3 Å². The highest BCUT2D eigenvalue weighted by atomic mass is 14.7. The van der Waals surface area contributed by atoms with Crippen LogP contribution < -0.4 is 5.73 Å². The maximum Gasteiger partial charge on any atom is 0.0349 e. The molecule has 0 amide bonds. The van der Waals surface area contributed by atoms with Crippen molar-refractivity contribution in [2.24, 2.45) is 17.1 Å². The van der Waals surface area contributed by atoms with E-state index >= 15 is 0 Å². The Kier molecular flexibility index (Phi) is 4.67. The zero-order valence-electron chi connectivity index (χ0n) is 12.8. The Morgan fingerprint density at radius 3 is 2.47 bits per heavy atom. The Labute approximate surface area is 118 Å². The molecule has 1 aliphatic rings. The average molecular weight is 259 g/mol. The van der Waals surface area contributed by atoms with Crippen LogP contribution in [-0.4, -0.2) is 0 Å². The van der Waals surface area contributed by atoms with Crippen molar-refractivity contribution in [3.05, 3.63) is 35.4 Å². The predicted octanol–water partition coefficient (Wildman–Crippen LogP) is 4.86. The van der Waals surface area contributed by atoms with Gasteiger partial charge in [-0.15, -0.1) is 0 Å². The molecule has 1 fully saturated rings. The van der Waals surface area contributed by atoms with Gasteiger partial charge in [0.1, 0.15) is 0 Å². The SMILES string of the molecule is CC(C)Cc1cccc(C(N)C2(C)CCCCC2)c1. The van der Waals surface area contributed by atoms with E-state index in [2.05, 4.69) is 45.0 Å². The quantitative estimate of drug-likeness (QED) is 0.821. The minimum absolute atomic E-state index is 0.194. The van der Waals surface area contributed by atoms with Crippen LogP contribution in [0, 0.1) is 11.3 Å². The van der Waals surface area contributed by atoms with Gasteiger partial charge in [0, 0.05) is 6.04 Å². The van der Waals surface area contributed by atoms with Gasteiger partial charge in [-0.25, -0.2) is 0 Å². The first-order chi connectivity index (χ1) is 9.01. The van der Waals surface area contributed by atoms with Crippen molar-refractivity contribution < 1.29 is 0 Å². The van der Waals surface area contributed by atoms with Gasteiger partial charge < -0.3 is 5.73 Å². The summed E-state index contributed by atoms with van der Waals surface area (Å²) < 4.78 is 0. The summed E-state index contributed by atoms with van der Waals surface area (Å²) in [6, 6.07) is 9.16. The van der Waals surface area contributed by atoms with Crippen molar-refractivity contribution in [1.82, 2.24) is 0 Å². The van der Waals surface area contributed by atoms with Gasteiger partial charge in [0.25, 0.3) is 0 Å². The highest BCUT2D eigenvalue weighted by Crippen LogP contribution is 2.44. The van der Waals surface area contributed by atoms with Crippen LogP contribution in [0.4, 0.5) is 0 Å². The Balaban J connectivity index is 2.16. The lowest BCUT2D eigenvalue weighted by molar-refractivity contribution is 0.170. The summed E-state index contributed by atoms with van der Waals surface area (Å²) in [7, 11) is 0. The Morgan fingerprint density at radius 2 is 1.84 bits per heavy atom. The number of hydrogen-bond acceptors (Lipinski definition) is 1. The van der Waals surface area contributed by atoms with Gasteiger partial charge in [-0.2, -0.15) is 0 Å². The molecule has 1 aromatic carbocycles. The molecule has 2 N–H and O–H groups in total. The fraction of sp³-hybridized carbons (Fsp3) is 0.667. The molecular formula is C18H29N. The molecule has 0 aromatic heterocycles. The molecule has 1 nitrogen and oxygen atoms in total. The molecule has 0 bridgehead atoms. The third-order valence-electron chi connectivity index (χ3n) is 4.70. The largest absolute Gasteiger partial charge is 0.323 e. The maximum atomic E-state index is 6.60. The maximum absolute atomic E-state index is 6.60. The molecule has 106 valence electrons. The molecule has 1 unspecified atom stereocenters. The molecule has 0 heterocycles. The van der Waals surface area contributed by atoms with Crippen LogP contribution in [0.25, 0.3) is 0 Å². The lowest BCUT2D eigenvalue weighted by Gasteiger charge is -2.39. The zero-order chi connectivity index (χ0) is 13.9. The summed E-state index contributed by atoms with van der Waals surface area (Å²) in [6.45, 7) is 6.93. The average Bonchev–Trinajstić information content (AvgIpc) is 2.38. The second-order valence-corrected chi connectivity index (χ2v) is 7.04. The monoisotopic (exact) mass is 259 g/mol.